The summed E-state index contributed by atoms with van der Waals surface area (Å²) in [5.74, 6) is 0.820. The van der Waals surface area contributed by atoms with Crippen LogP contribution in [0.25, 0.3) is 0 Å². The van der Waals surface area contributed by atoms with Crippen molar-refractivity contribution in [2.45, 2.75) is 33.4 Å². The molecule has 1 aromatic heterocycles. The largest absolute Gasteiger partial charge is 0.491 e. The Hall–Kier alpha value is -1.36. The number of aryl methyl sites for hydroxylation is 3. The maximum atomic E-state index is 9.96. The fourth-order valence-electron chi connectivity index (χ4n) is 2.21. The summed E-state index contributed by atoms with van der Waals surface area (Å²) in [6.45, 7) is 7.82. The lowest BCUT2D eigenvalue weighted by molar-refractivity contribution is 0.106. The normalized spacial score (nSPS) is 12.4. The zero-order valence-electron chi connectivity index (χ0n) is 12.8. The second-order valence-electron chi connectivity index (χ2n) is 5.45. The van der Waals surface area contributed by atoms with E-state index < -0.39 is 6.10 Å². The maximum absolute atomic E-state index is 9.96. The van der Waals surface area contributed by atoms with Gasteiger partial charge in [0.1, 0.15) is 18.5 Å². The van der Waals surface area contributed by atoms with Crippen molar-refractivity contribution in [2.75, 3.05) is 13.2 Å². The molecule has 2 rings (SSSR count). The number of thiophene rings is 1. The molecule has 1 atom stereocenters. The Morgan fingerprint density at radius 3 is 2.52 bits per heavy atom. The molecule has 1 aromatic carbocycles. The number of rotatable bonds is 7. The first-order valence-electron chi connectivity index (χ1n) is 7.17. The fraction of sp³-hybridized carbons (Fsp3) is 0.412. The minimum Gasteiger partial charge on any atom is -0.491 e. The lowest BCUT2D eigenvalue weighted by Crippen LogP contribution is -2.31. The second kappa shape index (κ2) is 7.59. The van der Waals surface area contributed by atoms with Crippen molar-refractivity contribution in [3.8, 4) is 5.75 Å². The predicted octanol–water partition coefficient (Wildman–Crippen LogP) is 3.20. The van der Waals surface area contributed by atoms with Crippen molar-refractivity contribution in [3.63, 3.8) is 0 Å². The molecule has 0 bridgehead atoms. The molecular formula is C17H23NO2S. The van der Waals surface area contributed by atoms with E-state index in [1.165, 1.54) is 21.6 Å². The number of nitrogens with one attached hydrogen (secondary N) is 1. The Bertz CT molecular complexity index is 560. The smallest absolute Gasteiger partial charge is 0.119 e. The molecule has 0 amide bonds. The molecule has 0 radical (unpaired) electrons. The van der Waals surface area contributed by atoms with Crippen molar-refractivity contribution >= 4 is 11.3 Å². The van der Waals surface area contributed by atoms with E-state index in [0.717, 1.165) is 12.3 Å². The molecule has 2 aromatic rings. The summed E-state index contributed by atoms with van der Waals surface area (Å²) in [5, 5.41) is 15.3. The van der Waals surface area contributed by atoms with E-state index in [1.54, 1.807) is 11.3 Å². The lowest BCUT2D eigenvalue weighted by Gasteiger charge is -2.14. The molecule has 0 saturated heterocycles. The van der Waals surface area contributed by atoms with Gasteiger partial charge in [0.15, 0.2) is 0 Å². The summed E-state index contributed by atoms with van der Waals surface area (Å²) in [4.78, 5) is 1.32. The van der Waals surface area contributed by atoms with Crippen molar-refractivity contribution in [2.24, 2.45) is 0 Å². The van der Waals surface area contributed by atoms with E-state index >= 15 is 0 Å². The molecule has 3 nitrogen and oxygen atoms in total. The summed E-state index contributed by atoms with van der Waals surface area (Å²) in [6, 6.07) is 8.19. The number of aliphatic hydroxyl groups excluding tert-OH is 1. The molecule has 0 fully saturated rings. The molecule has 0 aliphatic rings. The quantitative estimate of drug-likeness (QED) is 0.825. The zero-order chi connectivity index (χ0) is 15.2. The monoisotopic (exact) mass is 305 g/mol. The van der Waals surface area contributed by atoms with E-state index in [0.29, 0.717) is 13.2 Å². The summed E-state index contributed by atoms with van der Waals surface area (Å²) in [7, 11) is 0. The van der Waals surface area contributed by atoms with E-state index in [1.807, 2.05) is 26.0 Å². The van der Waals surface area contributed by atoms with E-state index in [9.17, 15) is 5.11 Å². The van der Waals surface area contributed by atoms with Gasteiger partial charge in [-0.2, -0.15) is 0 Å². The SMILES string of the molecule is Cc1cc(C)cc(OCC(O)CNCc2sccc2C)c1. The van der Waals surface area contributed by atoms with Crippen LogP contribution in [-0.4, -0.2) is 24.4 Å². The molecule has 114 valence electrons. The van der Waals surface area contributed by atoms with Gasteiger partial charge in [0.05, 0.1) is 0 Å². The Morgan fingerprint density at radius 2 is 1.90 bits per heavy atom. The molecule has 0 aliphatic heterocycles. The minimum atomic E-state index is -0.508. The van der Waals surface area contributed by atoms with Crippen LogP contribution in [0.1, 0.15) is 21.6 Å². The highest BCUT2D eigenvalue weighted by molar-refractivity contribution is 7.10. The number of hydrogen-bond acceptors (Lipinski definition) is 4. The van der Waals surface area contributed by atoms with Gasteiger partial charge in [-0.25, -0.2) is 0 Å². The Labute approximate surface area is 130 Å². The van der Waals surface area contributed by atoms with Crippen molar-refractivity contribution in [1.29, 1.82) is 0 Å². The van der Waals surface area contributed by atoms with Gasteiger partial charge in [-0.05, 0) is 61.0 Å². The summed E-state index contributed by atoms with van der Waals surface area (Å²) in [6.07, 6.45) is -0.508. The van der Waals surface area contributed by atoms with Gasteiger partial charge < -0.3 is 15.2 Å². The zero-order valence-corrected chi connectivity index (χ0v) is 13.7. The van der Waals surface area contributed by atoms with Gasteiger partial charge in [0.2, 0.25) is 0 Å². The van der Waals surface area contributed by atoms with Gasteiger partial charge in [0.25, 0.3) is 0 Å². The molecule has 21 heavy (non-hydrogen) atoms. The van der Waals surface area contributed by atoms with E-state index in [-0.39, 0.29) is 0 Å². The molecule has 0 saturated carbocycles. The molecular weight excluding hydrogens is 282 g/mol. The standard InChI is InChI=1S/C17H23NO2S/c1-12-6-13(2)8-16(7-12)20-11-15(19)9-18-10-17-14(3)4-5-21-17/h4-8,15,18-19H,9-11H2,1-3H3. The van der Waals surface area contributed by atoms with Gasteiger partial charge in [0, 0.05) is 18.0 Å². The number of ether oxygens (including phenoxy) is 1. The van der Waals surface area contributed by atoms with Crippen LogP contribution in [0.3, 0.4) is 0 Å². The number of benzene rings is 1. The van der Waals surface area contributed by atoms with E-state index in [2.05, 4.69) is 29.8 Å². The van der Waals surface area contributed by atoms with Crippen molar-refractivity contribution in [3.05, 3.63) is 51.2 Å². The predicted molar refractivity (Wildman–Crippen MR) is 88.2 cm³/mol. The van der Waals surface area contributed by atoms with Crippen LogP contribution in [-0.2, 0) is 6.54 Å². The summed E-state index contributed by atoms with van der Waals surface area (Å²) < 4.78 is 5.65. The number of hydrogen-bond donors (Lipinski definition) is 2. The molecule has 2 N–H and O–H groups in total. The summed E-state index contributed by atoms with van der Waals surface area (Å²) in [5.41, 5.74) is 3.64. The molecule has 4 heteroatoms. The third kappa shape index (κ3) is 5.16. The second-order valence-corrected chi connectivity index (χ2v) is 6.45. The third-order valence-electron chi connectivity index (χ3n) is 3.27. The van der Waals surface area contributed by atoms with Crippen LogP contribution in [0.2, 0.25) is 0 Å². The first-order valence-corrected chi connectivity index (χ1v) is 8.05. The number of aliphatic hydroxyl groups is 1. The molecule has 1 heterocycles. The van der Waals surface area contributed by atoms with Gasteiger partial charge in [-0.15, -0.1) is 11.3 Å². The van der Waals surface area contributed by atoms with Crippen LogP contribution in [0.4, 0.5) is 0 Å². The van der Waals surface area contributed by atoms with Crippen LogP contribution < -0.4 is 10.1 Å². The maximum Gasteiger partial charge on any atom is 0.119 e. The van der Waals surface area contributed by atoms with Gasteiger partial charge in [-0.1, -0.05) is 6.07 Å². The van der Waals surface area contributed by atoms with Crippen LogP contribution in [0.5, 0.6) is 5.75 Å². The highest BCUT2D eigenvalue weighted by Crippen LogP contribution is 2.16. The van der Waals surface area contributed by atoms with Crippen molar-refractivity contribution < 1.29 is 9.84 Å². The average Bonchev–Trinajstić information content (AvgIpc) is 2.81. The van der Waals surface area contributed by atoms with Crippen molar-refractivity contribution in [1.82, 2.24) is 5.32 Å². The van der Waals surface area contributed by atoms with Crippen LogP contribution >= 0.6 is 11.3 Å². The van der Waals surface area contributed by atoms with E-state index in [4.69, 9.17) is 4.74 Å². The first-order chi connectivity index (χ1) is 10.0. The van der Waals surface area contributed by atoms with Crippen LogP contribution in [0, 0.1) is 20.8 Å². The van der Waals surface area contributed by atoms with Crippen LogP contribution in [0.15, 0.2) is 29.6 Å². The Kier molecular flexibility index (Phi) is 5.79. The Morgan fingerprint density at radius 1 is 1.19 bits per heavy atom. The fourth-order valence-corrected chi connectivity index (χ4v) is 3.08. The highest BCUT2D eigenvalue weighted by atomic mass is 32.1. The average molecular weight is 305 g/mol. The summed E-state index contributed by atoms with van der Waals surface area (Å²) >= 11 is 1.74. The molecule has 0 spiro atoms. The van der Waals surface area contributed by atoms with Gasteiger partial charge in [-0.3, -0.25) is 0 Å². The third-order valence-corrected chi connectivity index (χ3v) is 4.29. The minimum absolute atomic E-state index is 0.305. The lowest BCUT2D eigenvalue weighted by atomic mass is 10.1. The first kappa shape index (κ1) is 16.0. The molecule has 1 unspecified atom stereocenters. The van der Waals surface area contributed by atoms with Gasteiger partial charge >= 0.3 is 0 Å². The Balaban J connectivity index is 1.72. The topological polar surface area (TPSA) is 41.5 Å². The molecule has 0 aliphatic carbocycles. The highest BCUT2D eigenvalue weighted by Gasteiger charge is 2.06.